The van der Waals surface area contributed by atoms with Gasteiger partial charge in [0.25, 0.3) is 5.56 Å². The summed E-state index contributed by atoms with van der Waals surface area (Å²) in [5.74, 6) is 0.855. The van der Waals surface area contributed by atoms with Gasteiger partial charge in [0, 0.05) is 39.6 Å². The molecular formula is C12H18N4O. The number of nitrogens with zero attached hydrogens (tertiary/aromatic N) is 3. The number of rotatable bonds is 1. The first-order valence-electron chi connectivity index (χ1n) is 6.32. The topological polar surface area (TPSA) is 50.2 Å². The molecule has 0 unspecified atom stereocenters. The van der Waals surface area contributed by atoms with Gasteiger partial charge in [-0.05, 0) is 12.8 Å². The molecule has 3 rings (SSSR count). The van der Waals surface area contributed by atoms with Gasteiger partial charge in [-0.15, -0.1) is 0 Å². The van der Waals surface area contributed by atoms with Crippen molar-refractivity contribution in [1.82, 2.24) is 14.9 Å². The van der Waals surface area contributed by atoms with Gasteiger partial charge >= 0.3 is 0 Å². The van der Waals surface area contributed by atoms with E-state index < -0.39 is 0 Å². The summed E-state index contributed by atoms with van der Waals surface area (Å²) < 4.78 is 1.71. The number of anilines is 1. The van der Waals surface area contributed by atoms with Crippen molar-refractivity contribution in [2.45, 2.75) is 25.8 Å². The van der Waals surface area contributed by atoms with Gasteiger partial charge in [-0.3, -0.25) is 9.36 Å². The molecule has 0 radical (unpaired) electrons. The third kappa shape index (κ3) is 1.74. The van der Waals surface area contributed by atoms with Crippen LogP contribution in [0.25, 0.3) is 0 Å². The maximum absolute atomic E-state index is 12.2. The number of hydrogen-bond acceptors (Lipinski definition) is 4. The third-order valence-electron chi connectivity index (χ3n) is 3.68. The zero-order valence-electron chi connectivity index (χ0n) is 10.2. The van der Waals surface area contributed by atoms with Crippen LogP contribution in [0.1, 0.15) is 24.1 Å². The van der Waals surface area contributed by atoms with Crippen LogP contribution in [0.4, 0.5) is 5.95 Å². The van der Waals surface area contributed by atoms with Crippen LogP contribution in [0.3, 0.4) is 0 Å². The second kappa shape index (κ2) is 4.14. The van der Waals surface area contributed by atoms with Crippen LogP contribution in [0.5, 0.6) is 0 Å². The molecule has 0 atom stereocenters. The molecule has 0 aromatic carbocycles. The van der Waals surface area contributed by atoms with E-state index in [4.69, 9.17) is 4.98 Å². The lowest BCUT2D eigenvalue weighted by molar-refractivity contribution is 0.602. The third-order valence-corrected chi connectivity index (χ3v) is 3.68. The van der Waals surface area contributed by atoms with Gasteiger partial charge in [-0.2, -0.15) is 0 Å². The van der Waals surface area contributed by atoms with E-state index >= 15 is 0 Å². The zero-order valence-corrected chi connectivity index (χ0v) is 10.2. The van der Waals surface area contributed by atoms with E-state index in [0.29, 0.717) is 6.54 Å². The molecule has 2 aliphatic rings. The van der Waals surface area contributed by atoms with Crippen molar-refractivity contribution in [2.75, 3.05) is 24.5 Å². The van der Waals surface area contributed by atoms with Crippen molar-refractivity contribution in [2.24, 2.45) is 7.05 Å². The summed E-state index contributed by atoms with van der Waals surface area (Å²) in [5, 5.41) is 3.23. The highest BCUT2D eigenvalue weighted by atomic mass is 16.1. The summed E-state index contributed by atoms with van der Waals surface area (Å²) >= 11 is 0. The summed E-state index contributed by atoms with van der Waals surface area (Å²) in [7, 11) is 1.83. The predicted molar refractivity (Wildman–Crippen MR) is 66.3 cm³/mol. The normalized spacial score (nSPS) is 19.5. The molecule has 1 fully saturated rings. The quantitative estimate of drug-likeness (QED) is 0.744. The van der Waals surface area contributed by atoms with E-state index in [2.05, 4.69) is 10.2 Å². The molecule has 1 N–H and O–H groups in total. The Morgan fingerprint density at radius 1 is 1.29 bits per heavy atom. The fourth-order valence-corrected chi connectivity index (χ4v) is 2.68. The lowest BCUT2D eigenvalue weighted by Gasteiger charge is -2.23. The van der Waals surface area contributed by atoms with Crippen LogP contribution < -0.4 is 15.8 Å². The fraction of sp³-hybridized carbons (Fsp3) is 0.667. The van der Waals surface area contributed by atoms with Crippen LogP contribution in [0.15, 0.2) is 4.79 Å². The molecule has 2 aliphatic heterocycles. The highest BCUT2D eigenvalue weighted by Crippen LogP contribution is 2.18. The van der Waals surface area contributed by atoms with Gasteiger partial charge in [-0.1, -0.05) is 0 Å². The molecule has 1 aromatic rings. The van der Waals surface area contributed by atoms with E-state index in [1.807, 2.05) is 7.05 Å². The smallest absolute Gasteiger partial charge is 0.259 e. The molecular weight excluding hydrogens is 216 g/mol. The van der Waals surface area contributed by atoms with Gasteiger partial charge in [-0.25, -0.2) is 4.98 Å². The van der Waals surface area contributed by atoms with Gasteiger partial charge < -0.3 is 10.2 Å². The van der Waals surface area contributed by atoms with Crippen molar-refractivity contribution in [1.29, 1.82) is 0 Å². The van der Waals surface area contributed by atoms with E-state index in [-0.39, 0.29) is 5.56 Å². The standard InChI is InChI=1S/C12H18N4O/c1-15-11(17)9-8-13-5-4-10(9)14-12(15)16-6-2-3-7-16/h13H,2-8H2,1H3. The van der Waals surface area contributed by atoms with E-state index in [9.17, 15) is 4.79 Å². The monoisotopic (exact) mass is 234 g/mol. The highest BCUT2D eigenvalue weighted by molar-refractivity contribution is 5.36. The van der Waals surface area contributed by atoms with Crippen molar-refractivity contribution in [3.8, 4) is 0 Å². The Bertz CT molecular complexity index is 488. The predicted octanol–water partition coefficient (Wildman–Crippen LogP) is 0.0262. The summed E-state index contributed by atoms with van der Waals surface area (Å²) in [6.07, 6.45) is 3.27. The number of nitrogens with one attached hydrogen (secondary N) is 1. The minimum absolute atomic E-state index is 0.115. The summed E-state index contributed by atoms with van der Waals surface area (Å²) in [4.78, 5) is 19.2. The molecule has 5 nitrogen and oxygen atoms in total. The first-order valence-corrected chi connectivity index (χ1v) is 6.32. The largest absolute Gasteiger partial charge is 0.342 e. The Labute approximate surface area is 100 Å². The van der Waals surface area contributed by atoms with E-state index in [1.54, 1.807) is 4.57 Å². The van der Waals surface area contributed by atoms with Crippen molar-refractivity contribution in [3.05, 3.63) is 21.6 Å². The number of hydrogen-bond donors (Lipinski definition) is 1. The Kier molecular flexibility index (Phi) is 2.63. The molecule has 0 spiro atoms. The lowest BCUT2D eigenvalue weighted by Crippen LogP contribution is -2.37. The van der Waals surface area contributed by atoms with Gasteiger partial charge in [0.05, 0.1) is 11.3 Å². The Morgan fingerprint density at radius 3 is 2.82 bits per heavy atom. The van der Waals surface area contributed by atoms with Crippen molar-refractivity contribution in [3.63, 3.8) is 0 Å². The van der Waals surface area contributed by atoms with E-state index in [1.165, 1.54) is 12.8 Å². The zero-order chi connectivity index (χ0) is 11.8. The molecule has 5 heteroatoms. The first kappa shape index (κ1) is 10.8. The lowest BCUT2D eigenvalue weighted by atomic mass is 10.1. The second-order valence-corrected chi connectivity index (χ2v) is 4.82. The SMILES string of the molecule is Cn1c(N2CCCC2)nc2c(c1=O)CNCC2. The van der Waals surface area contributed by atoms with Gasteiger partial charge in [0.2, 0.25) is 5.95 Å². The van der Waals surface area contributed by atoms with Gasteiger partial charge in [0.15, 0.2) is 0 Å². The molecule has 17 heavy (non-hydrogen) atoms. The summed E-state index contributed by atoms with van der Waals surface area (Å²) in [6, 6.07) is 0. The van der Waals surface area contributed by atoms with Crippen molar-refractivity contribution >= 4 is 5.95 Å². The van der Waals surface area contributed by atoms with Crippen LogP contribution >= 0.6 is 0 Å². The molecule has 0 bridgehead atoms. The Balaban J connectivity index is 2.10. The van der Waals surface area contributed by atoms with E-state index in [0.717, 1.165) is 43.3 Å². The minimum Gasteiger partial charge on any atom is -0.342 e. The first-order chi connectivity index (χ1) is 8.27. The number of aromatic nitrogens is 2. The molecule has 1 aromatic heterocycles. The Morgan fingerprint density at radius 2 is 2.06 bits per heavy atom. The van der Waals surface area contributed by atoms with Crippen molar-refractivity contribution < 1.29 is 0 Å². The number of fused-ring (bicyclic) bond motifs is 1. The summed E-state index contributed by atoms with van der Waals surface area (Å²) in [6.45, 7) is 3.64. The van der Waals surface area contributed by atoms with Crippen LogP contribution in [-0.2, 0) is 20.0 Å². The van der Waals surface area contributed by atoms with Crippen LogP contribution in [-0.4, -0.2) is 29.2 Å². The second-order valence-electron chi connectivity index (χ2n) is 4.82. The molecule has 92 valence electrons. The molecule has 1 saturated heterocycles. The average Bonchev–Trinajstić information content (AvgIpc) is 2.87. The van der Waals surface area contributed by atoms with Gasteiger partial charge in [0.1, 0.15) is 0 Å². The fourth-order valence-electron chi connectivity index (χ4n) is 2.68. The Hall–Kier alpha value is -1.36. The summed E-state index contributed by atoms with van der Waals surface area (Å²) in [5.41, 5.74) is 1.96. The average molecular weight is 234 g/mol. The molecule has 3 heterocycles. The van der Waals surface area contributed by atoms with Crippen LogP contribution in [0, 0.1) is 0 Å². The minimum atomic E-state index is 0.115. The molecule has 0 saturated carbocycles. The van der Waals surface area contributed by atoms with Crippen LogP contribution in [0.2, 0.25) is 0 Å². The molecule has 0 aliphatic carbocycles. The maximum Gasteiger partial charge on any atom is 0.259 e. The molecule has 0 amide bonds. The maximum atomic E-state index is 12.2. The highest BCUT2D eigenvalue weighted by Gasteiger charge is 2.22.